The minimum atomic E-state index is -0.328. The summed E-state index contributed by atoms with van der Waals surface area (Å²) in [6.07, 6.45) is 1.74. The zero-order valence-corrected chi connectivity index (χ0v) is 13.0. The van der Waals surface area contributed by atoms with Crippen molar-refractivity contribution in [2.24, 2.45) is 0 Å². The highest BCUT2D eigenvalue weighted by Gasteiger charge is 2.13. The van der Waals surface area contributed by atoms with Crippen LogP contribution in [-0.2, 0) is 0 Å². The summed E-state index contributed by atoms with van der Waals surface area (Å²) in [5, 5.41) is 11.3. The molecule has 0 spiro atoms. The quantitative estimate of drug-likeness (QED) is 0.756. The van der Waals surface area contributed by atoms with E-state index in [1.165, 1.54) is 7.11 Å². The fourth-order valence-electron chi connectivity index (χ4n) is 2.12. The fraction of sp³-hybridized carbons (Fsp3) is 0.0667. The van der Waals surface area contributed by atoms with E-state index in [-0.39, 0.29) is 5.91 Å². The van der Waals surface area contributed by atoms with E-state index in [9.17, 15) is 4.79 Å². The Kier molecular flexibility index (Phi) is 3.92. The first kappa shape index (κ1) is 14.7. The largest absolute Gasteiger partial charge is 0.494 e. The molecule has 22 heavy (non-hydrogen) atoms. The molecule has 1 aromatic heterocycles. The Bertz CT molecular complexity index is 841. The molecule has 0 saturated carbocycles. The number of hydrogen-bond acceptors (Lipinski definition) is 3. The number of rotatable bonds is 3. The number of nitrogens with zero attached hydrogens (tertiary/aromatic N) is 1. The van der Waals surface area contributed by atoms with Gasteiger partial charge in [-0.3, -0.25) is 9.89 Å². The maximum Gasteiger partial charge on any atom is 0.255 e. The fourth-order valence-corrected chi connectivity index (χ4v) is 2.64. The Balaban J connectivity index is 1.96. The van der Waals surface area contributed by atoms with Crippen LogP contribution < -0.4 is 10.1 Å². The van der Waals surface area contributed by atoms with Gasteiger partial charge in [0.25, 0.3) is 5.91 Å². The number of halogens is 2. The van der Waals surface area contributed by atoms with Crippen LogP contribution in [-0.4, -0.2) is 23.2 Å². The second kappa shape index (κ2) is 5.87. The van der Waals surface area contributed by atoms with Crippen LogP contribution in [0, 0.1) is 0 Å². The van der Waals surface area contributed by atoms with Gasteiger partial charge in [-0.05, 0) is 24.3 Å². The van der Waals surface area contributed by atoms with Gasteiger partial charge < -0.3 is 10.1 Å². The van der Waals surface area contributed by atoms with Crippen molar-refractivity contribution >= 4 is 45.7 Å². The predicted octanol–water partition coefficient (Wildman–Crippen LogP) is 4.13. The van der Waals surface area contributed by atoms with E-state index in [1.54, 1.807) is 36.5 Å². The van der Waals surface area contributed by atoms with E-state index in [0.717, 1.165) is 10.9 Å². The molecule has 0 aliphatic rings. The molecule has 1 heterocycles. The number of nitrogens with one attached hydrogen (secondary N) is 2. The number of carbonyl (C=O) groups excluding carboxylic acids is 1. The van der Waals surface area contributed by atoms with Crippen molar-refractivity contribution in [2.45, 2.75) is 0 Å². The highest BCUT2D eigenvalue weighted by molar-refractivity contribution is 6.35. The summed E-state index contributed by atoms with van der Waals surface area (Å²) in [5.41, 5.74) is 1.66. The highest BCUT2D eigenvalue weighted by atomic mass is 35.5. The number of hydrogen-bond donors (Lipinski definition) is 2. The first-order valence-corrected chi connectivity index (χ1v) is 7.11. The number of fused-ring (bicyclic) bond motifs is 1. The molecule has 7 heteroatoms. The standard InChI is InChI=1S/C15H11Cl2N3O2/c1-22-14-6-12-9(7-18-20-12)4-13(14)19-15(21)8-2-10(16)5-11(17)3-8/h2-7H,1H3,(H,18,20)(H,19,21). The Hall–Kier alpha value is -2.24. The summed E-state index contributed by atoms with van der Waals surface area (Å²) < 4.78 is 5.29. The van der Waals surface area contributed by atoms with Crippen molar-refractivity contribution in [1.29, 1.82) is 0 Å². The van der Waals surface area contributed by atoms with Crippen LogP contribution >= 0.6 is 23.2 Å². The molecule has 3 rings (SSSR count). The molecule has 112 valence electrons. The van der Waals surface area contributed by atoms with Gasteiger partial charge >= 0.3 is 0 Å². The first-order valence-electron chi connectivity index (χ1n) is 6.36. The van der Waals surface area contributed by atoms with Gasteiger partial charge in [0.2, 0.25) is 0 Å². The van der Waals surface area contributed by atoms with Crippen molar-refractivity contribution in [3.8, 4) is 5.75 Å². The van der Waals surface area contributed by atoms with E-state index < -0.39 is 0 Å². The van der Waals surface area contributed by atoms with Gasteiger partial charge in [0.15, 0.2) is 0 Å². The molecule has 3 aromatic rings. The first-order chi connectivity index (χ1) is 10.6. The maximum absolute atomic E-state index is 12.4. The van der Waals surface area contributed by atoms with E-state index in [2.05, 4.69) is 15.5 Å². The number of anilines is 1. The van der Waals surface area contributed by atoms with Crippen LogP contribution in [0.4, 0.5) is 5.69 Å². The summed E-state index contributed by atoms with van der Waals surface area (Å²) in [6.45, 7) is 0. The summed E-state index contributed by atoms with van der Waals surface area (Å²) in [5.74, 6) is 0.187. The molecular formula is C15H11Cl2N3O2. The molecule has 0 saturated heterocycles. The third kappa shape index (κ3) is 2.86. The molecule has 0 bridgehead atoms. The van der Waals surface area contributed by atoms with Crippen LogP contribution in [0.25, 0.3) is 10.9 Å². The second-order valence-corrected chi connectivity index (χ2v) is 5.48. The summed E-state index contributed by atoms with van der Waals surface area (Å²) in [6, 6.07) is 8.18. The zero-order valence-electron chi connectivity index (χ0n) is 11.5. The number of methoxy groups -OCH3 is 1. The van der Waals surface area contributed by atoms with Gasteiger partial charge in [-0.25, -0.2) is 0 Å². The van der Waals surface area contributed by atoms with Crippen LogP contribution in [0.15, 0.2) is 36.5 Å². The summed E-state index contributed by atoms with van der Waals surface area (Å²) in [7, 11) is 1.53. The topological polar surface area (TPSA) is 67.0 Å². The van der Waals surface area contributed by atoms with E-state index >= 15 is 0 Å². The van der Waals surface area contributed by atoms with Gasteiger partial charge in [0.05, 0.1) is 18.3 Å². The molecule has 5 nitrogen and oxygen atoms in total. The lowest BCUT2D eigenvalue weighted by molar-refractivity contribution is 0.102. The zero-order chi connectivity index (χ0) is 15.7. The second-order valence-electron chi connectivity index (χ2n) is 4.61. The number of ether oxygens (including phenoxy) is 1. The average Bonchev–Trinajstić information content (AvgIpc) is 2.92. The third-order valence-electron chi connectivity index (χ3n) is 3.13. The number of aromatic amines is 1. The number of aromatic nitrogens is 2. The minimum Gasteiger partial charge on any atom is -0.494 e. The number of amides is 1. The minimum absolute atomic E-state index is 0.328. The number of benzene rings is 2. The van der Waals surface area contributed by atoms with Crippen molar-refractivity contribution in [2.75, 3.05) is 12.4 Å². The number of carbonyl (C=O) groups is 1. The lowest BCUT2D eigenvalue weighted by Gasteiger charge is -2.10. The molecule has 0 radical (unpaired) electrons. The predicted molar refractivity (Wildman–Crippen MR) is 87.1 cm³/mol. The van der Waals surface area contributed by atoms with Crippen molar-refractivity contribution < 1.29 is 9.53 Å². The van der Waals surface area contributed by atoms with Crippen molar-refractivity contribution in [3.63, 3.8) is 0 Å². The monoisotopic (exact) mass is 335 g/mol. The van der Waals surface area contributed by atoms with Gasteiger partial charge in [-0.2, -0.15) is 5.10 Å². The van der Waals surface area contributed by atoms with Gasteiger partial charge in [-0.15, -0.1) is 0 Å². The molecule has 0 aliphatic carbocycles. The van der Waals surface area contributed by atoms with Crippen LogP contribution in [0.2, 0.25) is 10.0 Å². The van der Waals surface area contributed by atoms with Crippen molar-refractivity contribution in [1.82, 2.24) is 10.2 Å². The third-order valence-corrected chi connectivity index (χ3v) is 3.56. The van der Waals surface area contributed by atoms with Crippen LogP contribution in [0.5, 0.6) is 5.75 Å². The van der Waals surface area contributed by atoms with Gasteiger partial charge in [-0.1, -0.05) is 23.2 Å². The Labute approximate surface area is 136 Å². The van der Waals surface area contributed by atoms with E-state index in [4.69, 9.17) is 27.9 Å². The van der Waals surface area contributed by atoms with Crippen molar-refractivity contribution in [3.05, 3.63) is 52.1 Å². The Morgan fingerprint density at radius 1 is 1.18 bits per heavy atom. The van der Waals surface area contributed by atoms with E-state index in [1.807, 2.05) is 0 Å². The summed E-state index contributed by atoms with van der Waals surface area (Å²) >= 11 is 11.8. The highest BCUT2D eigenvalue weighted by Crippen LogP contribution is 2.30. The lowest BCUT2D eigenvalue weighted by Crippen LogP contribution is -2.12. The Morgan fingerprint density at radius 2 is 1.91 bits per heavy atom. The summed E-state index contributed by atoms with van der Waals surface area (Å²) in [4.78, 5) is 12.4. The SMILES string of the molecule is COc1cc2n[nH]cc2cc1NC(=O)c1cc(Cl)cc(Cl)c1. The Morgan fingerprint density at radius 3 is 2.59 bits per heavy atom. The molecule has 0 aliphatic heterocycles. The van der Waals surface area contributed by atoms with Gasteiger partial charge in [0, 0.05) is 33.3 Å². The molecule has 0 unspecified atom stereocenters. The smallest absolute Gasteiger partial charge is 0.255 e. The molecular weight excluding hydrogens is 325 g/mol. The maximum atomic E-state index is 12.4. The molecule has 2 N–H and O–H groups in total. The lowest BCUT2D eigenvalue weighted by atomic mass is 10.2. The normalized spacial score (nSPS) is 10.7. The molecule has 0 atom stereocenters. The molecule has 0 fully saturated rings. The molecule has 2 aromatic carbocycles. The average molecular weight is 336 g/mol. The van der Waals surface area contributed by atoms with E-state index in [0.29, 0.717) is 27.0 Å². The van der Waals surface area contributed by atoms with Crippen LogP contribution in [0.3, 0.4) is 0 Å². The number of H-pyrrole nitrogens is 1. The van der Waals surface area contributed by atoms with Crippen LogP contribution in [0.1, 0.15) is 10.4 Å². The van der Waals surface area contributed by atoms with Gasteiger partial charge in [0.1, 0.15) is 5.75 Å². The molecule has 1 amide bonds.